The number of rotatable bonds is 3. The number of nitrogens with zero attached hydrogens (tertiary/aromatic N) is 1. The van der Waals surface area contributed by atoms with Crippen LogP contribution in [0.2, 0.25) is 5.02 Å². The van der Waals surface area contributed by atoms with E-state index in [1.807, 2.05) is 6.08 Å². The highest BCUT2D eigenvalue weighted by atomic mass is 35.5. The molecule has 0 bridgehead atoms. The van der Waals surface area contributed by atoms with Crippen molar-refractivity contribution in [2.45, 2.75) is 32.6 Å². The van der Waals surface area contributed by atoms with Gasteiger partial charge in [-0.25, -0.2) is 0 Å². The molecule has 39 heavy (non-hydrogen) atoms. The molecule has 0 spiro atoms. The fourth-order valence-corrected chi connectivity index (χ4v) is 6.75. The molecular weight excluding hydrogens is 518 g/mol. The predicted octanol–water partition coefficient (Wildman–Crippen LogP) is 4.88. The van der Waals surface area contributed by atoms with Crippen molar-refractivity contribution in [2.24, 2.45) is 17.8 Å². The first-order chi connectivity index (χ1) is 18.6. The van der Waals surface area contributed by atoms with Crippen molar-refractivity contribution in [3.05, 3.63) is 93.1 Å². The Morgan fingerprint density at radius 1 is 1.00 bits per heavy atom. The molecule has 3 aliphatic carbocycles. The second-order valence-corrected chi connectivity index (χ2v) is 11.0. The van der Waals surface area contributed by atoms with Crippen molar-refractivity contribution in [1.29, 1.82) is 0 Å². The number of carbonyl (C=O) groups excluding carboxylic acids is 5. The van der Waals surface area contributed by atoms with E-state index in [1.165, 1.54) is 30.0 Å². The van der Waals surface area contributed by atoms with E-state index in [0.29, 0.717) is 38.6 Å². The molecule has 1 N–H and O–H groups in total. The van der Waals surface area contributed by atoms with Crippen LogP contribution in [0, 0.1) is 17.8 Å². The molecule has 196 valence electrons. The van der Waals surface area contributed by atoms with Gasteiger partial charge in [0, 0.05) is 38.8 Å². The standard InChI is InChI=1S/C31H24ClNO6/c1-14-11-25(36)23-13-21-19(26(28(23)29(14)37)22-12-17(32)5-10-24(22)35)8-9-20-27(21)31(39)33(30(20)38)18-6-3-16(4-7-18)15(2)34/h3-8,10-12,20-21,26-27,35H,9,13H2,1-2H3/t20-,21+,26+,27-/m0/s1. The van der Waals surface area contributed by atoms with Crippen LogP contribution in [0.3, 0.4) is 0 Å². The Morgan fingerprint density at radius 2 is 1.72 bits per heavy atom. The number of hydrogen-bond donors (Lipinski definition) is 1. The minimum absolute atomic E-state index is 0.0756. The first-order valence-corrected chi connectivity index (χ1v) is 13.1. The Kier molecular flexibility index (Phi) is 5.81. The van der Waals surface area contributed by atoms with Crippen LogP contribution in [0.4, 0.5) is 5.69 Å². The summed E-state index contributed by atoms with van der Waals surface area (Å²) in [6.45, 7) is 3.03. The highest BCUT2D eigenvalue weighted by Crippen LogP contribution is 2.56. The zero-order valence-electron chi connectivity index (χ0n) is 21.2. The fourth-order valence-electron chi connectivity index (χ4n) is 6.57. The van der Waals surface area contributed by atoms with E-state index in [-0.39, 0.29) is 47.8 Å². The number of anilines is 1. The monoisotopic (exact) mass is 541 g/mol. The molecule has 1 fully saturated rings. The van der Waals surface area contributed by atoms with Crippen LogP contribution in [-0.2, 0) is 19.2 Å². The lowest BCUT2D eigenvalue weighted by atomic mass is 9.59. The molecule has 0 unspecified atom stereocenters. The first kappa shape index (κ1) is 25.2. The minimum atomic E-state index is -0.773. The topological polar surface area (TPSA) is 109 Å². The van der Waals surface area contributed by atoms with Crippen molar-refractivity contribution in [3.8, 4) is 5.75 Å². The maximum absolute atomic E-state index is 13.9. The van der Waals surface area contributed by atoms with E-state index in [4.69, 9.17) is 11.6 Å². The van der Waals surface area contributed by atoms with E-state index in [9.17, 15) is 29.1 Å². The first-order valence-electron chi connectivity index (χ1n) is 12.8. The number of benzene rings is 2. The number of allylic oxidation sites excluding steroid dienone is 6. The number of amides is 2. The molecule has 2 aromatic rings. The number of imide groups is 1. The minimum Gasteiger partial charge on any atom is -0.508 e. The Bertz CT molecular complexity index is 1610. The van der Waals surface area contributed by atoms with Crippen molar-refractivity contribution >= 4 is 46.5 Å². The van der Waals surface area contributed by atoms with E-state index in [2.05, 4.69) is 0 Å². The number of ketones is 3. The van der Waals surface area contributed by atoms with Crippen LogP contribution in [0.1, 0.15) is 48.5 Å². The van der Waals surface area contributed by atoms with E-state index in [1.54, 1.807) is 37.3 Å². The van der Waals surface area contributed by atoms with Crippen LogP contribution < -0.4 is 4.90 Å². The molecule has 8 heteroatoms. The van der Waals surface area contributed by atoms with Gasteiger partial charge in [-0.15, -0.1) is 0 Å². The molecule has 2 aromatic carbocycles. The third-order valence-corrected chi connectivity index (χ3v) is 8.63. The van der Waals surface area contributed by atoms with Gasteiger partial charge in [0.05, 0.1) is 17.5 Å². The lowest BCUT2D eigenvalue weighted by molar-refractivity contribution is -0.123. The summed E-state index contributed by atoms with van der Waals surface area (Å²) in [6.07, 6.45) is 3.63. The molecule has 1 aliphatic heterocycles. The van der Waals surface area contributed by atoms with Gasteiger partial charge in [-0.2, -0.15) is 0 Å². The van der Waals surface area contributed by atoms with Crippen LogP contribution in [0.25, 0.3) is 0 Å². The summed E-state index contributed by atoms with van der Waals surface area (Å²) in [5.74, 6) is -4.15. The lowest BCUT2D eigenvalue weighted by Gasteiger charge is -2.42. The van der Waals surface area contributed by atoms with Gasteiger partial charge in [0.2, 0.25) is 11.8 Å². The molecule has 1 saturated heterocycles. The molecule has 6 rings (SSSR count). The molecule has 0 aromatic heterocycles. The summed E-state index contributed by atoms with van der Waals surface area (Å²) < 4.78 is 0. The largest absolute Gasteiger partial charge is 0.508 e. The maximum atomic E-state index is 13.9. The number of phenolic OH excluding ortho intramolecular Hbond substituents is 1. The SMILES string of the molecule is CC(=O)c1ccc(N2C(=O)[C@H]3[C@H](CC=C4[C@H](c5cc(Cl)ccc5O)C5=C(C[C@H]43)C(=O)C=C(C)C5=O)C2=O)cc1. The smallest absolute Gasteiger partial charge is 0.238 e. The summed E-state index contributed by atoms with van der Waals surface area (Å²) in [5, 5.41) is 11.2. The number of hydrogen-bond acceptors (Lipinski definition) is 6. The zero-order chi connectivity index (χ0) is 27.7. The van der Waals surface area contributed by atoms with Gasteiger partial charge >= 0.3 is 0 Å². The zero-order valence-corrected chi connectivity index (χ0v) is 22.0. The van der Waals surface area contributed by atoms with Crippen molar-refractivity contribution < 1.29 is 29.1 Å². The quantitative estimate of drug-likeness (QED) is 0.257. The average molecular weight is 542 g/mol. The molecule has 4 atom stereocenters. The molecule has 0 saturated carbocycles. The summed E-state index contributed by atoms with van der Waals surface area (Å²) in [7, 11) is 0. The van der Waals surface area contributed by atoms with Gasteiger partial charge in [-0.3, -0.25) is 28.9 Å². The summed E-state index contributed by atoms with van der Waals surface area (Å²) in [5.41, 5.74) is 2.89. The second kappa shape index (κ2) is 8.99. The number of halogens is 1. The number of carbonyl (C=O) groups is 5. The average Bonchev–Trinajstić information content (AvgIpc) is 3.17. The fraction of sp³-hybridized carbons (Fsp3) is 0.258. The van der Waals surface area contributed by atoms with Crippen LogP contribution >= 0.6 is 11.6 Å². The Labute approximate surface area is 229 Å². The Balaban J connectivity index is 1.47. The third kappa shape index (κ3) is 3.75. The van der Waals surface area contributed by atoms with Crippen molar-refractivity contribution in [3.63, 3.8) is 0 Å². The van der Waals surface area contributed by atoms with Crippen LogP contribution in [-0.4, -0.2) is 34.3 Å². The highest BCUT2D eigenvalue weighted by molar-refractivity contribution is 6.30. The lowest BCUT2D eigenvalue weighted by Crippen LogP contribution is -2.39. The third-order valence-electron chi connectivity index (χ3n) is 8.40. The molecule has 4 aliphatic rings. The summed E-state index contributed by atoms with van der Waals surface area (Å²) in [4.78, 5) is 67.0. The highest BCUT2D eigenvalue weighted by Gasteiger charge is 2.56. The molecule has 7 nitrogen and oxygen atoms in total. The van der Waals surface area contributed by atoms with Gasteiger partial charge in [0.15, 0.2) is 17.3 Å². The maximum Gasteiger partial charge on any atom is 0.238 e. The number of Topliss-reactive ketones (excluding diaryl/α,β-unsaturated/α-hetero) is 2. The van der Waals surface area contributed by atoms with Gasteiger partial charge in [0.1, 0.15) is 5.75 Å². The predicted molar refractivity (Wildman–Crippen MR) is 143 cm³/mol. The van der Waals surface area contributed by atoms with E-state index in [0.717, 1.165) is 5.57 Å². The Hall–Kier alpha value is -4.10. The van der Waals surface area contributed by atoms with Crippen molar-refractivity contribution in [2.75, 3.05) is 4.90 Å². The van der Waals surface area contributed by atoms with Gasteiger partial charge in [-0.1, -0.05) is 23.3 Å². The Morgan fingerprint density at radius 3 is 2.41 bits per heavy atom. The van der Waals surface area contributed by atoms with Crippen LogP contribution in [0.5, 0.6) is 5.75 Å². The summed E-state index contributed by atoms with van der Waals surface area (Å²) in [6, 6.07) is 10.9. The van der Waals surface area contributed by atoms with Gasteiger partial charge in [0.25, 0.3) is 0 Å². The molecule has 2 amide bonds. The van der Waals surface area contributed by atoms with Crippen LogP contribution in [0.15, 0.2) is 76.9 Å². The molecule has 1 heterocycles. The molecule has 0 radical (unpaired) electrons. The molecular formula is C31H24ClNO6. The van der Waals surface area contributed by atoms with E-state index >= 15 is 0 Å². The second-order valence-electron chi connectivity index (χ2n) is 10.5. The number of fused-ring (bicyclic) bond motifs is 3. The summed E-state index contributed by atoms with van der Waals surface area (Å²) >= 11 is 6.29. The van der Waals surface area contributed by atoms with Crippen molar-refractivity contribution in [1.82, 2.24) is 0 Å². The van der Waals surface area contributed by atoms with Gasteiger partial charge in [-0.05, 0) is 81.1 Å². The van der Waals surface area contributed by atoms with E-state index < -0.39 is 23.7 Å². The number of aromatic hydroxyl groups is 1. The normalized spacial score (nSPS) is 26.2. The van der Waals surface area contributed by atoms with Gasteiger partial charge < -0.3 is 5.11 Å². The number of phenols is 1.